The second-order valence-electron chi connectivity index (χ2n) is 7.09. The van der Waals surface area contributed by atoms with E-state index in [1.165, 1.54) is 12.1 Å². The Kier molecular flexibility index (Phi) is 5.39. The highest BCUT2D eigenvalue weighted by Crippen LogP contribution is 2.35. The monoisotopic (exact) mass is 360 g/mol. The maximum atomic E-state index is 12.4. The lowest BCUT2D eigenvalue weighted by Gasteiger charge is -2.33. The van der Waals surface area contributed by atoms with Crippen molar-refractivity contribution in [2.75, 3.05) is 18.8 Å². The average Bonchev–Trinajstić information content (AvgIpc) is 2.46. The minimum absolute atomic E-state index is 0.0369. The number of hydrogen-bond acceptors (Lipinski definition) is 4. The Morgan fingerprint density at radius 3 is 2.32 bits per heavy atom. The number of anilines is 1. The van der Waals surface area contributed by atoms with Gasteiger partial charge in [-0.2, -0.15) is 0 Å². The lowest BCUT2D eigenvalue weighted by molar-refractivity contribution is -0.274. The second-order valence-corrected chi connectivity index (χ2v) is 7.09. The largest absolute Gasteiger partial charge is 0.573 e. The minimum Gasteiger partial charge on any atom is -0.444 e. The van der Waals surface area contributed by atoms with E-state index in [1.807, 2.05) is 0 Å². The van der Waals surface area contributed by atoms with E-state index in [2.05, 4.69) is 4.74 Å². The maximum Gasteiger partial charge on any atom is 0.573 e. The molecule has 0 spiro atoms. The zero-order valence-corrected chi connectivity index (χ0v) is 14.5. The van der Waals surface area contributed by atoms with Crippen molar-refractivity contribution in [3.63, 3.8) is 0 Å². The summed E-state index contributed by atoms with van der Waals surface area (Å²) >= 11 is 0. The fraction of sp³-hybridized carbons (Fsp3) is 0.588. The number of carbonyl (C=O) groups excluding carboxylic acids is 1. The summed E-state index contributed by atoms with van der Waals surface area (Å²) < 4.78 is 46.6. The van der Waals surface area contributed by atoms with Crippen molar-refractivity contribution in [2.45, 2.75) is 51.5 Å². The van der Waals surface area contributed by atoms with Gasteiger partial charge in [0.15, 0.2) is 5.75 Å². The van der Waals surface area contributed by atoms with Crippen molar-refractivity contribution in [3.8, 4) is 5.75 Å². The van der Waals surface area contributed by atoms with Crippen molar-refractivity contribution in [3.05, 3.63) is 23.8 Å². The van der Waals surface area contributed by atoms with Gasteiger partial charge in [0, 0.05) is 13.1 Å². The number of benzene rings is 1. The van der Waals surface area contributed by atoms with Crippen LogP contribution < -0.4 is 10.5 Å². The van der Waals surface area contributed by atoms with Crippen LogP contribution in [0.3, 0.4) is 0 Å². The van der Waals surface area contributed by atoms with Crippen LogP contribution in [-0.4, -0.2) is 36.0 Å². The van der Waals surface area contributed by atoms with Gasteiger partial charge in [-0.25, -0.2) is 4.79 Å². The number of halogens is 3. The van der Waals surface area contributed by atoms with Crippen molar-refractivity contribution in [1.29, 1.82) is 0 Å². The van der Waals surface area contributed by atoms with Gasteiger partial charge in [0.25, 0.3) is 0 Å². The lowest BCUT2D eigenvalue weighted by atomic mass is 9.89. The Morgan fingerprint density at radius 2 is 1.80 bits per heavy atom. The number of nitrogens with zero attached hydrogens (tertiary/aromatic N) is 1. The van der Waals surface area contributed by atoms with E-state index < -0.39 is 12.0 Å². The first-order valence-electron chi connectivity index (χ1n) is 8.08. The molecule has 140 valence electrons. The van der Waals surface area contributed by atoms with Crippen LogP contribution in [0.4, 0.5) is 23.7 Å². The molecule has 0 bridgehead atoms. The van der Waals surface area contributed by atoms with Gasteiger partial charge in [-0.15, -0.1) is 13.2 Å². The molecule has 1 saturated heterocycles. The van der Waals surface area contributed by atoms with Crippen molar-refractivity contribution >= 4 is 11.8 Å². The number of ether oxygens (including phenoxy) is 2. The molecule has 1 aliphatic heterocycles. The first-order chi connectivity index (χ1) is 11.4. The number of hydrogen-bond donors (Lipinski definition) is 1. The second kappa shape index (κ2) is 7.01. The number of nitrogens with two attached hydrogens (primary N) is 1. The normalized spacial score (nSPS) is 16.6. The first kappa shape index (κ1) is 19.2. The van der Waals surface area contributed by atoms with Crippen molar-refractivity contribution < 1.29 is 27.4 Å². The number of rotatable bonds is 2. The Morgan fingerprint density at radius 1 is 1.20 bits per heavy atom. The molecular weight excluding hydrogens is 337 g/mol. The molecule has 0 radical (unpaired) electrons. The molecular formula is C17H23F3N2O3. The Bertz CT molecular complexity index is 619. The van der Waals surface area contributed by atoms with Gasteiger partial charge in [-0.1, -0.05) is 6.07 Å². The van der Waals surface area contributed by atoms with Crippen molar-refractivity contribution in [1.82, 2.24) is 4.90 Å². The third-order valence-electron chi connectivity index (χ3n) is 3.88. The molecule has 5 nitrogen and oxygen atoms in total. The lowest BCUT2D eigenvalue weighted by Crippen LogP contribution is -2.41. The van der Waals surface area contributed by atoms with Crippen molar-refractivity contribution in [2.24, 2.45) is 0 Å². The minimum atomic E-state index is -4.78. The van der Waals surface area contributed by atoms with E-state index in [-0.39, 0.29) is 23.4 Å². The van der Waals surface area contributed by atoms with E-state index in [0.717, 1.165) is 5.56 Å². The predicted molar refractivity (Wildman–Crippen MR) is 87.3 cm³/mol. The van der Waals surface area contributed by atoms with E-state index in [0.29, 0.717) is 25.9 Å². The molecule has 25 heavy (non-hydrogen) atoms. The Hall–Kier alpha value is -2.12. The number of alkyl halides is 3. The number of amides is 1. The molecule has 1 amide bonds. The van der Waals surface area contributed by atoms with Crippen LogP contribution in [0.2, 0.25) is 0 Å². The topological polar surface area (TPSA) is 64.8 Å². The summed E-state index contributed by atoms with van der Waals surface area (Å²) in [5, 5.41) is 0. The van der Waals surface area contributed by atoms with Gasteiger partial charge >= 0.3 is 12.5 Å². The van der Waals surface area contributed by atoms with Gasteiger partial charge in [-0.05, 0) is 57.2 Å². The molecule has 1 aliphatic rings. The molecule has 1 fully saturated rings. The number of likely N-dealkylation sites (tertiary alicyclic amines) is 1. The Labute approximate surface area is 144 Å². The van der Waals surface area contributed by atoms with Crippen LogP contribution >= 0.6 is 0 Å². The molecule has 0 unspecified atom stereocenters. The highest BCUT2D eigenvalue weighted by atomic mass is 19.4. The van der Waals surface area contributed by atoms with Crippen LogP contribution in [-0.2, 0) is 4.74 Å². The summed E-state index contributed by atoms with van der Waals surface area (Å²) in [7, 11) is 0. The molecule has 1 heterocycles. The van der Waals surface area contributed by atoms with Crippen LogP contribution in [0.1, 0.15) is 45.1 Å². The maximum absolute atomic E-state index is 12.4. The highest BCUT2D eigenvalue weighted by Gasteiger charge is 2.33. The molecule has 0 atom stereocenters. The molecule has 2 rings (SSSR count). The zero-order valence-electron chi connectivity index (χ0n) is 14.5. The number of carbonyl (C=O) groups is 1. The van der Waals surface area contributed by atoms with Crippen LogP contribution in [0.5, 0.6) is 5.75 Å². The molecule has 1 aromatic rings. The molecule has 0 saturated carbocycles. The molecule has 2 N–H and O–H groups in total. The molecule has 0 aliphatic carbocycles. The molecule has 1 aromatic carbocycles. The quantitative estimate of drug-likeness (QED) is 0.800. The van der Waals surface area contributed by atoms with Crippen LogP contribution in [0.25, 0.3) is 0 Å². The molecule has 8 heteroatoms. The summed E-state index contributed by atoms with van der Waals surface area (Å²) in [5.74, 6) is -0.352. The summed E-state index contributed by atoms with van der Waals surface area (Å²) in [4.78, 5) is 13.7. The van der Waals surface area contributed by atoms with E-state index in [1.54, 1.807) is 31.7 Å². The van der Waals surface area contributed by atoms with Crippen LogP contribution in [0, 0.1) is 0 Å². The number of piperidine rings is 1. The fourth-order valence-corrected chi connectivity index (χ4v) is 2.74. The Balaban J connectivity index is 2.01. The summed E-state index contributed by atoms with van der Waals surface area (Å²) in [6.45, 7) is 6.37. The standard InChI is InChI=1S/C17H23F3N2O3/c1-16(2,3)25-15(23)22-8-6-11(7-9-22)12-4-5-13(21)14(10-12)24-17(18,19)20/h4-5,10-11H,6-9,21H2,1-3H3. The summed E-state index contributed by atoms with van der Waals surface area (Å²) in [6, 6.07) is 4.44. The predicted octanol–water partition coefficient (Wildman–Crippen LogP) is 4.28. The van der Waals surface area contributed by atoms with Gasteiger partial charge < -0.3 is 20.1 Å². The summed E-state index contributed by atoms with van der Waals surface area (Å²) in [6.07, 6.45) is -3.89. The first-order valence-corrected chi connectivity index (χ1v) is 8.08. The zero-order chi connectivity index (χ0) is 18.8. The third-order valence-corrected chi connectivity index (χ3v) is 3.88. The summed E-state index contributed by atoms with van der Waals surface area (Å²) in [5.41, 5.74) is 5.65. The SMILES string of the molecule is CC(C)(C)OC(=O)N1CCC(c2ccc(N)c(OC(F)(F)F)c2)CC1. The van der Waals surface area contributed by atoms with E-state index in [4.69, 9.17) is 10.5 Å². The van der Waals surface area contributed by atoms with E-state index in [9.17, 15) is 18.0 Å². The molecule has 0 aromatic heterocycles. The van der Waals surface area contributed by atoms with E-state index >= 15 is 0 Å². The smallest absolute Gasteiger partial charge is 0.444 e. The van der Waals surface area contributed by atoms with Gasteiger partial charge in [0.05, 0.1) is 5.69 Å². The van der Waals surface area contributed by atoms with Gasteiger partial charge in [0.2, 0.25) is 0 Å². The van der Waals surface area contributed by atoms with Crippen LogP contribution in [0.15, 0.2) is 18.2 Å². The average molecular weight is 360 g/mol. The number of nitrogen functional groups attached to an aromatic ring is 1. The highest BCUT2D eigenvalue weighted by molar-refractivity contribution is 5.68. The fourth-order valence-electron chi connectivity index (χ4n) is 2.74. The van der Waals surface area contributed by atoms with Gasteiger partial charge in [-0.3, -0.25) is 0 Å². The third kappa shape index (κ3) is 5.72. The van der Waals surface area contributed by atoms with Gasteiger partial charge in [0.1, 0.15) is 5.60 Å².